The van der Waals surface area contributed by atoms with Crippen LogP contribution in [0.1, 0.15) is 44.1 Å². The third-order valence-corrected chi connectivity index (χ3v) is 5.96. The van der Waals surface area contributed by atoms with Crippen LogP contribution >= 0.6 is 0 Å². The maximum Gasteiger partial charge on any atom is 0.223 e. The van der Waals surface area contributed by atoms with E-state index >= 15 is 0 Å². The summed E-state index contributed by atoms with van der Waals surface area (Å²) in [6.45, 7) is 3.66. The van der Waals surface area contributed by atoms with Gasteiger partial charge >= 0.3 is 0 Å². The Morgan fingerprint density at radius 3 is 3.04 bits per heavy atom. The van der Waals surface area contributed by atoms with Gasteiger partial charge < -0.3 is 14.8 Å². The molecule has 1 aromatic carbocycles. The molecule has 0 bridgehead atoms. The van der Waals surface area contributed by atoms with Crippen LogP contribution in [0.2, 0.25) is 0 Å². The number of ether oxygens (including phenoxy) is 2. The second kappa shape index (κ2) is 7.57. The van der Waals surface area contributed by atoms with Crippen molar-refractivity contribution >= 4 is 5.91 Å². The lowest BCUT2D eigenvalue weighted by atomic mass is 9.90. The molecule has 0 unspecified atom stereocenters. The molecule has 1 spiro atoms. The van der Waals surface area contributed by atoms with Crippen molar-refractivity contribution in [3.63, 3.8) is 0 Å². The maximum atomic E-state index is 11.9. The zero-order valence-corrected chi connectivity index (χ0v) is 15.7. The standard InChI is InChI=1S/C21H30N2O3/c1-25-18-5-2-4-16(12-18)14-23-11-10-21(15-23)9-3-6-19(26-21)13-22-20(24)17-7-8-17/h2,4-5,12,17,19H,3,6-11,13-15H2,1H3,(H,22,24)/t19-,21+/m0/s1. The first kappa shape index (κ1) is 17.8. The molecule has 2 saturated heterocycles. The van der Waals surface area contributed by atoms with Crippen LogP contribution in [0.4, 0.5) is 0 Å². The fourth-order valence-electron chi connectivity index (χ4n) is 4.36. The zero-order chi connectivity index (χ0) is 18.0. The number of nitrogens with zero attached hydrogens (tertiary/aromatic N) is 1. The summed E-state index contributed by atoms with van der Waals surface area (Å²) < 4.78 is 11.9. The van der Waals surface area contributed by atoms with E-state index in [0.29, 0.717) is 6.54 Å². The van der Waals surface area contributed by atoms with Gasteiger partial charge in [0.1, 0.15) is 5.75 Å². The topological polar surface area (TPSA) is 50.8 Å². The lowest BCUT2D eigenvalue weighted by molar-refractivity contribution is -0.131. The highest BCUT2D eigenvalue weighted by molar-refractivity contribution is 5.80. The van der Waals surface area contributed by atoms with Crippen LogP contribution in [0.5, 0.6) is 5.75 Å². The smallest absolute Gasteiger partial charge is 0.223 e. The number of hydrogen-bond donors (Lipinski definition) is 1. The van der Waals surface area contributed by atoms with Crippen molar-refractivity contribution in [2.24, 2.45) is 5.92 Å². The Hall–Kier alpha value is -1.59. The molecule has 2 aliphatic heterocycles. The van der Waals surface area contributed by atoms with Crippen LogP contribution in [-0.2, 0) is 16.1 Å². The van der Waals surface area contributed by atoms with Gasteiger partial charge in [0, 0.05) is 32.1 Å². The van der Waals surface area contributed by atoms with E-state index in [1.165, 1.54) is 12.0 Å². The largest absolute Gasteiger partial charge is 0.497 e. The molecule has 3 fully saturated rings. The third kappa shape index (κ3) is 4.21. The van der Waals surface area contributed by atoms with Crippen molar-refractivity contribution in [1.29, 1.82) is 0 Å². The number of likely N-dealkylation sites (tertiary alicyclic amines) is 1. The SMILES string of the molecule is COc1cccc(CN2CC[C@]3(CCC[C@@H](CNC(=O)C4CC4)O3)C2)c1. The molecule has 4 rings (SSSR count). The summed E-state index contributed by atoms with van der Waals surface area (Å²) in [5, 5.41) is 3.09. The second-order valence-electron chi connectivity index (χ2n) is 8.15. The Kier molecular flexibility index (Phi) is 5.18. The van der Waals surface area contributed by atoms with E-state index in [-0.39, 0.29) is 23.5 Å². The predicted molar refractivity (Wildman–Crippen MR) is 100 cm³/mol. The number of amides is 1. The van der Waals surface area contributed by atoms with Crippen LogP contribution in [0.3, 0.4) is 0 Å². The summed E-state index contributed by atoms with van der Waals surface area (Å²) in [7, 11) is 1.71. The summed E-state index contributed by atoms with van der Waals surface area (Å²) >= 11 is 0. The van der Waals surface area contributed by atoms with Gasteiger partial charge in [-0.3, -0.25) is 9.69 Å². The highest BCUT2D eigenvalue weighted by Gasteiger charge is 2.43. The third-order valence-electron chi connectivity index (χ3n) is 5.96. The van der Waals surface area contributed by atoms with Crippen molar-refractivity contribution in [2.45, 2.75) is 56.8 Å². The van der Waals surface area contributed by atoms with Crippen molar-refractivity contribution in [2.75, 3.05) is 26.7 Å². The monoisotopic (exact) mass is 358 g/mol. The van der Waals surface area contributed by atoms with Crippen LogP contribution in [0.25, 0.3) is 0 Å². The van der Waals surface area contributed by atoms with Crippen molar-refractivity contribution in [3.05, 3.63) is 29.8 Å². The summed E-state index contributed by atoms with van der Waals surface area (Å²) in [5.41, 5.74) is 1.26. The minimum atomic E-state index is -0.0217. The molecule has 1 N–H and O–H groups in total. The molecule has 2 atom stereocenters. The molecular formula is C21H30N2O3. The molecule has 3 aliphatic rings. The van der Waals surface area contributed by atoms with E-state index in [9.17, 15) is 4.79 Å². The number of carbonyl (C=O) groups excluding carboxylic acids is 1. The first-order chi connectivity index (χ1) is 12.7. The molecule has 0 radical (unpaired) electrons. The number of hydrogen-bond acceptors (Lipinski definition) is 4. The van der Waals surface area contributed by atoms with Gasteiger partial charge in [-0.15, -0.1) is 0 Å². The van der Waals surface area contributed by atoms with E-state index in [4.69, 9.17) is 9.47 Å². The van der Waals surface area contributed by atoms with Gasteiger partial charge in [-0.2, -0.15) is 0 Å². The Bertz CT molecular complexity index is 646. The van der Waals surface area contributed by atoms with Gasteiger partial charge in [-0.05, 0) is 56.2 Å². The minimum Gasteiger partial charge on any atom is -0.497 e. The van der Waals surface area contributed by atoms with Crippen molar-refractivity contribution in [1.82, 2.24) is 10.2 Å². The highest BCUT2D eigenvalue weighted by Crippen LogP contribution is 2.37. The molecule has 26 heavy (non-hydrogen) atoms. The fraction of sp³-hybridized carbons (Fsp3) is 0.667. The van der Waals surface area contributed by atoms with Gasteiger partial charge in [0.2, 0.25) is 5.91 Å². The van der Waals surface area contributed by atoms with Gasteiger partial charge in [0.25, 0.3) is 0 Å². The number of nitrogens with one attached hydrogen (secondary N) is 1. The van der Waals surface area contributed by atoms with Crippen LogP contribution in [-0.4, -0.2) is 49.3 Å². The normalized spacial score (nSPS) is 29.0. The molecule has 1 aromatic rings. The van der Waals surface area contributed by atoms with Gasteiger partial charge in [-0.1, -0.05) is 12.1 Å². The maximum absolute atomic E-state index is 11.9. The van der Waals surface area contributed by atoms with E-state index in [2.05, 4.69) is 28.4 Å². The first-order valence-corrected chi connectivity index (χ1v) is 9.97. The molecule has 1 aliphatic carbocycles. The number of methoxy groups -OCH3 is 1. The van der Waals surface area contributed by atoms with Gasteiger partial charge in [0.15, 0.2) is 0 Å². The molecule has 2 heterocycles. The van der Waals surface area contributed by atoms with Gasteiger partial charge in [0.05, 0.1) is 18.8 Å². The molecule has 1 amide bonds. The summed E-state index contributed by atoms with van der Waals surface area (Å²) in [6, 6.07) is 8.31. The van der Waals surface area contributed by atoms with Crippen molar-refractivity contribution < 1.29 is 14.3 Å². The summed E-state index contributed by atoms with van der Waals surface area (Å²) in [6.07, 6.45) is 6.75. The zero-order valence-electron chi connectivity index (χ0n) is 15.7. The van der Waals surface area contributed by atoms with Gasteiger partial charge in [-0.25, -0.2) is 0 Å². The first-order valence-electron chi connectivity index (χ1n) is 9.97. The lowest BCUT2D eigenvalue weighted by Gasteiger charge is -2.39. The average molecular weight is 358 g/mol. The van der Waals surface area contributed by atoms with E-state index in [1.807, 2.05) is 6.07 Å². The average Bonchev–Trinajstić information content (AvgIpc) is 3.44. The lowest BCUT2D eigenvalue weighted by Crippen LogP contribution is -2.47. The molecule has 142 valence electrons. The Morgan fingerprint density at radius 1 is 1.35 bits per heavy atom. The van der Waals surface area contributed by atoms with E-state index in [0.717, 1.165) is 57.5 Å². The predicted octanol–water partition coefficient (Wildman–Crippen LogP) is 2.74. The van der Waals surface area contributed by atoms with Crippen molar-refractivity contribution in [3.8, 4) is 5.75 Å². The Morgan fingerprint density at radius 2 is 2.23 bits per heavy atom. The number of benzene rings is 1. The van der Waals surface area contributed by atoms with Crippen LogP contribution in [0.15, 0.2) is 24.3 Å². The Labute approximate surface area is 156 Å². The summed E-state index contributed by atoms with van der Waals surface area (Å²) in [4.78, 5) is 14.4. The Balaban J connectivity index is 1.30. The second-order valence-corrected chi connectivity index (χ2v) is 8.15. The van der Waals surface area contributed by atoms with Crippen LogP contribution in [0, 0.1) is 5.92 Å². The fourth-order valence-corrected chi connectivity index (χ4v) is 4.36. The number of carbonyl (C=O) groups is 1. The summed E-state index contributed by atoms with van der Waals surface area (Å²) in [5.74, 6) is 1.41. The molecule has 5 nitrogen and oxygen atoms in total. The minimum absolute atomic E-state index is 0.0217. The molecular weight excluding hydrogens is 328 g/mol. The van der Waals surface area contributed by atoms with E-state index in [1.54, 1.807) is 7.11 Å². The van der Waals surface area contributed by atoms with E-state index < -0.39 is 0 Å². The number of rotatable bonds is 6. The highest BCUT2D eigenvalue weighted by atomic mass is 16.5. The molecule has 1 saturated carbocycles. The molecule has 5 heteroatoms. The van der Waals surface area contributed by atoms with Crippen LogP contribution < -0.4 is 10.1 Å². The quantitative estimate of drug-likeness (QED) is 0.850. The molecule has 0 aromatic heterocycles.